The zero-order valence-corrected chi connectivity index (χ0v) is 14.8. The van der Waals surface area contributed by atoms with Crippen molar-refractivity contribution in [3.63, 3.8) is 0 Å². The molecule has 134 valence electrons. The molecule has 4 rings (SSSR count). The fourth-order valence-electron chi connectivity index (χ4n) is 3.26. The highest BCUT2D eigenvalue weighted by Crippen LogP contribution is 2.36. The molecule has 5 heteroatoms. The van der Waals surface area contributed by atoms with Gasteiger partial charge in [0.15, 0.2) is 0 Å². The Labute approximate surface area is 157 Å². The zero-order chi connectivity index (χ0) is 18.8. The van der Waals surface area contributed by atoms with Crippen molar-refractivity contribution < 1.29 is 14.3 Å². The molecule has 0 fully saturated rings. The quantitative estimate of drug-likeness (QED) is 0.712. The number of rotatable bonds is 3. The monoisotopic (exact) mass is 358 g/mol. The summed E-state index contributed by atoms with van der Waals surface area (Å²) in [5, 5.41) is 3.44. The molecule has 1 amide bonds. The van der Waals surface area contributed by atoms with Crippen LogP contribution in [-0.4, -0.2) is 19.0 Å². The van der Waals surface area contributed by atoms with Crippen LogP contribution in [0.4, 0.5) is 11.4 Å². The molecule has 0 aliphatic carbocycles. The van der Waals surface area contributed by atoms with E-state index in [1.807, 2.05) is 66.7 Å². The molecule has 0 saturated heterocycles. The summed E-state index contributed by atoms with van der Waals surface area (Å²) >= 11 is 0. The number of nitrogens with one attached hydrogen (secondary N) is 1. The Morgan fingerprint density at radius 3 is 2.30 bits per heavy atom. The minimum Gasteiger partial charge on any atom is -0.465 e. The number of para-hydroxylation sites is 2. The Morgan fingerprint density at radius 1 is 0.926 bits per heavy atom. The van der Waals surface area contributed by atoms with Gasteiger partial charge in [0.1, 0.15) is 6.17 Å². The second-order valence-electron chi connectivity index (χ2n) is 6.22. The highest BCUT2D eigenvalue weighted by molar-refractivity contribution is 6.12. The van der Waals surface area contributed by atoms with Gasteiger partial charge in [-0.25, -0.2) is 4.79 Å². The molecule has 27 heavy (non-hydrogen) atoms. The van der Waals surface area contributed by atoms with Crippen molar-refractivity contribution in [3.05, 3.63) is 95.6 Å². The number of ether oxygens (including phenoxy) is 1. The van der Waals surface area contributed by atoms with Crippen LogP contribution in [0, 0.1) is 0 Å². The van der Waals surface area contributed by atoms with E-state index in [1.54, 1.807) is 17.0 Å². The van der Waals surface area contributed by atoms with Crippen LogP contribution in [0.2, 0.25) is 0 Å². The molecular formula is C22H18N2O3. The lowest BCUT2D eigenvalue weighted by Crippen LogP contribution is -2.43. The third-order valence-corrected chi connectivity index (χ3v) is 4.61. The van der Waals surface area contributed by atoms with Gasteiger partial charge in [-0.1, -0.05) is 42.5 Å². The lowest BCUT2D eigenvalue weighted by atomic mass is 10.0. The topological polar surface area (TPSA) is 58.6 Å². The lowest BCUT2D eigenvalue weighted by Gasteiger charge is -2.38. The minimum atomic E-state index is -0.389. The van der Waals surface area contributed by atoms with Crippen LogP contribution in [0.25, 0.3) is 0 Å². The maximum absolute atomic E-state index is 13.2. The van der Waals surface area contributed by atoms with Crippen molar-refractivity contribution in [2.75, 3.05) is 17.3 Å². The van der Waals surface area contributed by atoms with E-state index in [1.165, 1.54) is 7.11 Å². The van der Waals surface area contributed by atoms with Crippen LogP contribution in [0.5, 0.6) is 0 Å². The summed E-state index contributed by atoms with van der Waals surface area (Å²) in [6.07, 6.45) is -0.388. The van der Waals surface area contributed by atoms with Gasteiger partial charge < -0.3 is 10.1 Å². The fraction of sp³-hybridized carbons (Fsp3) is 0.0909. The van der Waals surface area contributed by atoms with Crippen molar-refractivity contribution in [1.29, 1.82) is 0 Å². The predicted molar refractivity (Wildman–Crippen MR) is 104 cm³/mol. The third kappa shape index (κ3) is 3.04. The van der Waals surface area contributed by atoms with E-state index in [9.17, 15) is 9.59 Å². The van der Waals surface area contributed by atoms with Crippen LogP contribution < -0.4 is 10.2 Å². The maximum Gasteiger partial charge on any atom is 0.337 e. The van der Waals surface area contributed by atoms with Crippen LogP contribution in [0.1, 0.15) is 32.4 Å². The molecular weight excluding hydrogens is 340 g/mol. The highest BCUT2D eigenvalue weighted by Gasteiger charge is 2.33. The summed E-state index contributed by atoms with van der Waals surface area (Å²) in [7, 11) is 1.35. The van der Waals surface area contributed by atoms with E-state index in [4.69, 9.17) is 4.74 Å². The number of nitrogens with zero attached hydrogens (tertiary/aromatic N) is 1. The highest BCUT2D eigenvalue weighted by atomic mass is 16.5. The first-order valence-corrected chi connectivity index (χ1v) is 8.61. The largest absolute Gasteiger partial charge is 0.465 e. The zero-order valence-electron chi connectivity index (χ0n) is 14.8. The van der Waals surface area contributed by atoms with Crippen LogP contribution in [-0.2, 0) is 4.74 Å². The summed E-state index contributed by atoms with van der Waals surface area (Å²) in [5.41, 5.74) is 3.55. The first-order valence-electron chi connectivity index (χ1n) is 8.61. The lowest BCUT2D eigenvalue weighted by molar-refractivity contribution is 0.0600. The first kappa shape index (κ1) is 16.8. The number of carbonyl (C=O) groups excluding carboxylic acids is 2. The van der Waals surface area contributed by atoms with Gasteiger partial charge in [0.05, 0.1) is 18.2 Å². The molecule has 0 spiro atoms. The van der Waals surface area contributed by atoms with Gasteiger partial charge in [-0.15, -0.1) is 0 Å². The van der Waals surface area contributed by atoms with Gasteiger partial charge in [0, 0.05) is 11.4 Å². The number of hydrogen-bond donors (Lipinski definition) is 1. The van der Waals surface area contributed by atoms with E-state index >= 15 is 0 Å². The average molecular weight is 358 g/mol. The van der Waals surface area contributed by atoms with Crippen LogP contribution >= 0.6 is 0 Å². The number of amides is 1. The van der Waals surface area contributed by atoms with E-state index in [0.29, 0.717) is 11.1 Å². The molecule has 1 heterocycles. The normalized spacial score (nSPS) is 15.7. The molecule has 3 aromatic rings. The molecule has 3 aromatic carbocycles. The molecule has 0 bridgehead atoms. The van der Waals surface area contributed by atoms with Gasteiger partial charge in [0.25, 0.3) is 5.91 Å². The molecule has 1 aliphatic rings. The van der Waals surface area contributed by atoms with Crippen molar-refractivity contribution in [1.82, 2.24) is 0 Å². The third-order valence-electron chi connectivity index (χ3n) is 4.61. The van der Waals surface area contributed by atoms with E-state index < -0.39 is 0 Å². The summed E-state index contributed by atoms with van der Waals surface area (Å²) < 4.78 is 4.76. The number of fused-ring (bicyclic) bond motifs is 1. The number of methoxy groups -OCH3 is 1. The SMILES string of the molecule is COC(=O)c1ccc([C@@H]2Nc3ccccc3C(=O)N2c2ccccc2)cc1. The van der Waals surface area contributed by atoms with Crippen LogP contribution in [0.3, 0.4) is 0 Å². The van der Waals surface area contributed by atoms with Crippen molar-refractivity contribution in [2.24, 2.45) is 0 Å². The molecule has 0 aromatic heterocycles. The Kier molecular flexibility index (Phi) is 4.34. The first-order chi connectivity index (χ1) is 13.2. The van der Waals surface area contributed by atoms with Crippen molar-refractivity contribution in [2.45, 2.75) is 6.17 Å². The number of carbonyl (C=O) groups is 2. The van der Waals surface area contributed by atoms with Gasteiger partial charge in [-0.05, 0) is 42.0 Å². The van der Waals surface area contributed by atoms with E-state index in [-0.39, 0.29) is 18.0 Å². The number of hydrogen-bond acceptors (Lipinski definition) is 4. The van der Waals surface area contributed by atoms with Crippen molar-refractivity contribution in [3.8, 4) is 0 Å². The summed E-state index contributed by atoms with van der Waals surface area (Å²) in [6.45, 7) is 0. The molecule has 1 N–H and O–H groups in total. The van der Waals surface area contributed by atoms with Gasteiger partial charge in [-0.3, -0.25) is 9.69 Å². The second-order valence-corrected chi connectivity index (χ2v) is 6.22. The smallest absolute Gasteiger partial charge is 0.337 e. The van der Waals surface area contributed by atoms with Crippen LogP contribution in [0.15, 0.2) is 78.9 Å². The Balaban J connectivity index is 1.79. The van der Waals surface area contributed by atoms with Gasteiger partial charge >= 0.3 is 5.97 Å². The number of anilines is 2. The molecule has 5 nitrogen and oxygen atoms in total. The molecule has 0 saturated carbocycles. The minimum absolute atomic E-state index is 0.0717. The van der Waals surface area contributed by atoms with E-state index in [0.717, 1.165) is 16.9 Å². The van der Waals surface area contributed by atoms with E-state index in [2.05, 4.69) is 5.32 Å². The molecule has 1 atom stereocenters. The Morgan fingerprint density at radius 2 is 1.59 bits per heavy atom. The fourth-order valence-corrected chi connectivity index (χ4v) is 3.26. The maximum atomic E-state index is 13.2. The summed E-state index contributed by atoms with van der Waals surface area (Å²) in [5.74, 6) is -0.461. The summed E-state index contributed by atoms with van der Waals surface area (Å²) in [4.78, 5) is 26.7. The summed E-state index contributed by atoms with van der Waals surface area (Å²) in [6, 6.07) is 24.1. The molecule has 1 aliphatic heterocycles. The molecule has 0 radical (unpaired) electrons. The average Bonchev–Trinajstić information content (AvgIpc) is 2.74. The van der Waals surface area contributed by atoms with Gasteiger partial charge in [0.2, 0.25) is 0 Å². The Hall–Kier alpha value is -3.60. The van der Waals surface area contributed by atoms with Crippen molar-refractivity contribution >= 4 is 23.3 Å². The standard InChI is InChI=1S/C22H18N2O3/c1-27-22(26)16-13-11-15(12-14-16)20-23-19-10-6-5-9-18(19)21(25)24(20)17-7-3-2-4-8-17/h2-14,20,23H,1H3/t20-/m1/s1. The predicted octanol–water partition coefficient (Wildman–Crippen LogP) is 4.24. The molecule has 0 unspecified atom stereocenters. The number of benzene rings is 3. The second kappa shape index (κ2) is 6.96. The number of esters is 1. The Bertz CT molecular complexity index is 984. The van der Waals surface area contributed by atoms with Gasteiger partial charge in [-0.2, -0.15) is 0 Å².